The van der Waals surface area contributed by atoms with Crippen LogP contribution in [0.15, 0.2) is 18.2 Å². The minimum atomic E-state index is 0.494. The topological polar surface area (TPSA) is 24.9 Å². The average Bonchev–Trinajstić information content (AvgIpc) is 2.19. The number of hydrogen-bond acceptors (Lipinski definition) is 2. The van der Waals surface area contributed by atoms with Crippen molar-refractivity contribution in [1.82, 2.24) is 10.3 Å². The highest BCUT2D eigenvalue weighted by molar-refractivity contribution is 5.13. The van der Waals surface area contributed by atoms with E-state index in [1.807, 2.05) is 13.0 Å². The minimum Gasteiger partial charge on any atom is -0.309 e. The molecule has 0 aliphatic carbocycles. The number of nitrogens with one attached hydrogen (secondary N) is 1. The lowest BCUT2D eigenvalue weighted by molar-refractivity contribution is 0.405. The molecule has 1 atom stereocenters. The lowest BCUT2D eigenvalue weighted by Gasteiger charge is -2.22. The molecule has 0 spiro atoms. The first-order chi connectivity index (χ1) is 6.36. The first kappa shape index (κ1) is 8.70. The Labute approximate surface area is 79.4 Å². The van der Waals surface area contributed by atoms with Gasteiger partial charge in [-0.05, 0) is 38.4 Å². The molecule has 1 aliphatic heterocycles. The summed E-state index contributed by atoms with van der Waals surface area (Å²) in [4.78, 5) is 4.53. The summed E-state index contributed by atoms with van der Waals surface area (Å²) in [7, 11) is 0. The van der Waals surface area contributed by atoms with E-state index in [2.05, 4.69) is 22.4 Å². The van der Waals surface area contributed by atoms with Crippen molar-refractivity contribution in [3.63, 3.8) is 0 Å². The molecule has 0 aromatic carbocycles. The van der Waals surface area contributed by atoms with Gasteiger partial charge in [-0.15, -0.1) is 0 Å². The van der Waals surface area contributed by atoms with Crippen LogP contribution in [0, 0.1) is 6.92 Å². The van der Waals surface area contributed by atoms with Crippen molar-refractivity contribution in [2.24, 2.45) is 0 Å². The Balaban J connectivity index is 2.14. The Morgan fingerprint density at radius 2 is 2.31 bits per heavy atom. The molecule has 0 bridgehead atoms. The van der Waals surface area contributed by atoms with Crippen LogP contribution >= 0.6 is 0 Å². The van der Waals surface area contributed by atoms with Crippen LogP contribution in [0.25, 0.3) is 0 Å². The summed E-state index contributed by atoms with van der Waals surface area (Å²) in [5.41, 5.74) is 2.32. The third kappa shape index (κ3) is 2.07. The maximum Gasteiger partial charge on any atom is 0.0576 e. The summed E-state index contributed by atoms with van der Waals surface area (Å²) in [5, 5.41) is 3.50. The molecule has 0 saturated carbocycles. The third-order valence-electron chi connectivity index (χ3n) is 2.58. The molecule has 2 rings (SSSR count). The van der Waals surface area contributed by atoms with Gasteiger partial charge in [0.25, 0.3) is 0 Å². The monoisotopic (exact) mass is 176 g/mol. The summed E-state index contributed by atoms with van der Waals surface area (Å²) in [6.07, 6.45) is 3.87. The molecule has 0 radical (unpaired) electrons. The summed E-state index contributed by atoms with van der Waals surface area (Å²) in [6, 6.07) is 6.75. The standard InChI is InChI=1S/C11H16N2/c1-9-5-4-7-11(13-9)10-6-2-3-8-12-10/h4-5,7,10,12H,2-3,6,8H2,1H3/t10-/m0/s1. The van der Waals surface area contributed by atoms with E-state index in [4.69, 9.17) is 0 Å². The molecule has 1 aromatic heterocycles. The normalized spacial score (nSPS) is 23.0. The molecule has 1 N–H and O–H groups in total. The van der Waals surface area contributed by atoms with Gasteiger partial charge in [0, 0.05) is 11.7 Å². The number of aryl methyl sites for hydroxylation is 1. The fraction of sp³-hybridized carbons (Fsp3) is 0.545. The Morgan fingerprint density at radius 1 is 1.38 bits per heavy atom. The van der Waals surface area contributed by atoms with Gasteiger partial charge in [0.05, 0.1) is 5.69 Å². The van der Waals surface area contributed by atoms with E-state index in [-0.39, 0.29) is 0 Å². The molecular weight excluding hydrogens is 160 g/mol. The van der Waals surface area contributed by atoms with E-state index < -0.39 is 0 Å². The summed E-state index contributed by atoms with van der Waals surface area (Å²) in [5.74, 6) is 0. The minimum absolute atomic E-state index is 0.494. The van der Waals surface area contributed by atoms with Crippen LogP contribution in [0.4, 0.5) is 0 Å². The van der Waals surface area contributed by atoms with Gasteiger partial charge in [0.2, 0.25) is 0 Å². The lowest BCUT2D eigenvalue weighted by atomic mass is 10.0. The second-order valence-corrected chi connectivity index (χ2v) is 3.71. The SMILES string of the molecule is Cc1cccc([C@@H]2CCCCN2)n1. The summed E-state index contributed by atoms with van der Waals surface area (Å²) >= 11 is 0. The number of nitrogens with zero attached hydrogens (tertiary/aromatic N) is 1. The average molecular weight is 176 g/mol. The zero-order valence-electron chi connectivity index (χ0n) is 8.09. The Hall–Kier alpha value is -0.890. The fourth-order valence-corrected chi connectivity index (χ4v) is 1.86. The van der Waals surface area contributed by atoms with Gasteiger partial charge < -0.3 is 5.32 Å². The molecule has 1 aromatic rings. The van der Waals surface area contributed by atoms with Crippen molar-refractivity contribution in [3.8, 4) is 0 Å². The quantitative estimate of drug-likeness (QED) is 0.709. The largest absolute Gasteiger partial charge is 0.309 e. The van der Waals surface area contributed by atoms with Crippen LogP contribution in [0.3, 0.4) is 0 Å². The number of pyridine rings is 1. The van der Waals surface area contributed by atoms with E-state index in [0.717, 1.165) is 12.2 Å². The Kier molecular flexibility index (Phi) is 2.60. The number of aromatic nitrogens is 1. The van der Waals surface area contributed by atoms with E-state index in [9.17, 15) is 0 Å². The second-order valence-electron chi connectivity index (χ2n) is 3.71. The Bertz CT molecular complexity index is 277. The zero-order chi connectivity index (χ0) is 9.10. The van der Waals surface area contributed by atoms with E-state index in [0.29, 0.717) is 6.04 Å². The molecule has 70 valence electrons. The molecule has 13 heavy (non-hydrogen) atoms. The van der Waals surface area contributed by atoms with Crippen molar-refractivity contribution in [1.29, 1.82) is 0 Å². The maximum atomic E-state index is 4.53. The van der Waals surface area contributed by atoms with Crippen LogP contribution in [-0.4, -0.2) is 11.5 Å². The fourth-order valence-electron chi connectivity index (χ4n) is 1.86. The summed E-state index contributed by atoms with van der Waals surface area (Å²) < 4.78 is 0. The zero-order valence-corrected chi connectivity index (χ0v) is 8.09. The van der Waals surface area contributed by atoms with E-state index >= 15 is 0 Å². The maximum absolute atomic E-state index is 4.53. The number of piperidine rings is 1. The van der Waals surface area contributed by atoms with Crippen molar-refractivity contribution < 1.29 is 0 Å². The predicted octanol–water partition coefficient (Wildman–Crippen LogP) is 2.20. The van der Waals surface area contributed by atoms with Gasteiger partial charge >= 0.3 is 0 Å². The molecule has 2 nitrogen and oxygen atoms in total. The van der Waals surface area contributed by atoms with Gasteiger partial charge in [-0.1, -0.05) is 12.5 Å². The van der Waals surface area contributed by atoms with Crippen LogP contribution in [0.2, 0.25) is 0 Å². The molecule has 1 aliphatic rings. The van der Waals surface area contributed by atoms with E-state index in [1.54, 1.807) is 0 Å². The molecule has 2 heteroatoms. The van der Waals surface area contributed by atoms with Gasteiger partial charge in [0.1, 0.15) is 0 Å². The second kappa shape index (κ2) is 3.88. The number of rotatable bonds is 1. The van der Waals surface area contributed by atoms with Crippen LogP contribution in [-0.2, 0) is 0 Å². The molecule has 1 saturated heterocycles. The highest BCUT2D eigenvalue weighted by Gasteiger charge is 2.15. The van der Waals surface area contributed by atoms with Gasteiger partial charge in [0.15, 0.2) is 0 Å². The van der Waals surface area contributed by atoms with Crippen LogP contribution in [0.5, 0.6) is 0 Å². The van der Waals surface area contributed by atoms with Crippen molar-refractivity contribution in [2.45, 2.75) is 32.2 Å². The Morgan fingerprint density at radius 3 is 3.00 bits per heavy atom. The molecule has 0 unspecified atom stereocenters. The van der Waals surface area contributed by atoms with Crippen molar-refractivity contribution >= 4 is 0 Å². The van der Waals surface area contributed by atoms with Gasteiger partial charge in [-0.25, -0.2) is 0 Å². The first-order valence-corrected chi connectivity index (χ1v) is 5.03. The molecule has 0 amide bonds. The lowest BCUT2D eigenvalue weighted by Crippen LogP contribution is -2.27. The molecule has 2 heterocycles. The third-order valence-corrected chi connectivity index (χ3v) is 2.58. The van der Waals surface area contributed by atoms with Crippen LogP contribution in [0.1, 0.15) is 36.7 Å². The van der Waals surface area contributed by atoms with Crippen molar-refractivity contribution in [2.75, 3.05) is 6.54 Å². The van der Waals surface area contributed by atoms with Gasteiger partial charge in [-0.2, -0.15) is 0 Å². The number of hydrogen-bond donors (Lipinski definition) is 1. The van der Waals surface area contributed by atoms with E-state index in [1.165, 1.54) is 25.0 Å². The smallest absolute Gasteiger partial charge is 0.0576 e. The van der Waals surface area contributed by atoms with Crippen LogP contribution < -0.4 is 5.32 Å². The van der Waals surface area contributed by atoms with Crippen molar-refractivity contribution in [3.05, 3.63) is 29.6 Å². The highest BCUT2D eigenvalue weighted by atomic mass is 14.9. The summed E-state index contributed by atoms with van der Waals surface area (Å²) in [6.45, 7) is 3.19. The first-order valence-electron chi connectivity index (χ1n) is 5.03. The molecular formula is C11H16N2. The highest BCUT2D eigenvalue weighted by Crippen LogP contribution is 2.20. The predicted molar refractivity (Wildman–Crippen MR) is 53.6 cm³/mol. The van der Waals surface area contributed by atoms with Gasteiger partial charge in [-0.3, -0.25) is 4.98 Å². The molecule has 1 fully saturated rings.